The van der Waals surface area contributed by atoms with Crippen molar-refractivity contribution in [3.05, 3.63) is 54.5 Å². The SMILES string of the molecule is CN(C[C@H]1[C@]2(C)CN(C(=O)c3ccccc3)C[C@]12C)c1ncnc2[nH]ccc12. The highest BCUT2D eigenvalue weighted by Crippen LogP contribution is 2.72. The van der Waals surface area contributed by atoms with Gasteiger partial charge in [0.1, 0.15) is 17.8 Å². The Kier molecular flexibility index (Phi) is 3.57. The van der Waals surface area contributed by atoms with Crippen LogP contribution in [-0.2, 0) is 0 Å². The van der Waals surface area contributed by atoms with E-state index in [0.717, 1.165) is 42.0 Å². The summed E-state index contributed by atoms with van der Waals surface area (Å²) < 4.78 is 0. The minimum Gasteiger partial charge on any atom is -0.359 e. The van der Waals surface area contributed by atoms with E-state index in [2.05, 4.69) is 40.7 Å². The number of piperidine rings is 1. The first-order valence-corrected chi connectivity index (χ1v) is 9.77. The van der Waals surface area contributed by atoms with Crippen molar-refractivity contribution in [2.24, 2.45) is 16.7 Å². The predicted molar refractivity (Wildman–Crippen MR) is 109 cm³/mol. The van der Waals surface area contributed by atoms with E-state index in [1.807, 2.05) is 47.5 Å². The Balaban J connectivity index is 1.32. The number of carbonyl (C=O) groups is 1. The molecule has 3 heterocycles. The fourth-order valence-corrected chi connectivity index (χ4v) is 5.34. The first-order valence-electron chi connectivity index (χ1n) is 9.77. The second-order valence-electron chi connectivity index (χ2n) is 8.73. The third kappa shape index (κ3) is 2.30. The lowest BCUT2D eigenvalue weighted by atomic mass is 10.0. The summed E-state index contributed by atoms with van der Waals surface area (Å²) in [5.41, 5.74) is 1.94. The molecule has 6 nitrogen and oxygen atoms in total. The van der Waals surface area contributed by atoms with Crippen molar-refractivity contribution in [3.63, 3.8) is 0 Å². The second kappa shape index (κ2) is 5.80. The fourth-order valence-electron chi connectivity index (χ4n) is 5.34. The highest BCUT2D eigenvalue weighted by atomic mass is 16.2. The first-order chi connectivity index (χ1) is 13.4. The molecule has 1 aliphatic heterocycles. The number of aromatic nitrogens is 3. The van der Waals surface area contributed by atoms with Gasteiger partial charge in [-0.15, -0.1) is 0 Å². The zero-order valence-electron chi connectivity index (χ0n) is 16.5. The number of carbonyl (C=O) groups excluding carboxylic acids is 1. The molecule has 6 heteroatoms. The fraction of sp³-hybridized carbons (Fsp3) is 0.409. The summed E-state index contributed by atoms with van der Waals surface area (Å²) in [4.78, 5) is 29.1. The van der Waals surface area contributed by atoms with Crippen molar-refractivity contribution in [2.45, 2.75) is 13.8 Å². The maximum Gasteiger partial charge on any atom is 0.253 e. The molecule has 2 aromatic heterocycles. The van der Waals surface area contributed by atoms with Crippen molar-refractivity contribution in [1.29, 1.82) is 0 Å². The van der Waals surface area contributed by atoms with Gasteiger partial charge in [0, 0.05) is 38.4 Å². The molecule has 1 N–H and O–H groups in total. The van der Waals surface area contributed by atoms with Gasteiger partial charge in [-0.25, -0.2) is 9.97 Å². The Morgan fingerprint density at radius 3 is 2.61 bits per heavy atom. The van der Waals surface area contributed by atoms with E-state index < -0.39 is 0 Å². The summed E-state index contributed by atoms with van der Waals surface area (Å²) in [6.07, 6.45) is 3.51. The Bertz CT molecular complexity index is 1030. The lowest BCUT2D eigenvalue weighted by molar-refractivity contribution is 0.0748. The van der Waals surface area contributed by atoms with Crippen LogP contribution < -0.4 is 4.90 Å². The molecule has 0 spiro atoms. The number of hydrogen-bond donors (Lipinski definition) is 1. The summed E-state index contributed by atoms with van der Waals surface area (Å²) in [7, 11) is 2.10. The highest BCUT2D eigenvalue weighted by molar-refractivity contribution is 5.94. The number of fused-ring (bicyclic) bond motifs is 2. The molecule has 2 fully saturated rings. The topological polar surface area (TPSA) is 65.1 Å². The van der Waals surface area contributed by atoms with Crippen LogP contribution in [0.2, 0.25) is 0 Å². The standard InChI is InChI=1S/C22H25N5O/c1-21-12-27(20(28)15-7-5-4-6-8-15)13-22(21,2)17(21)11-26(3)19-16-9-10-23-18(16)24-14-25-19/h4-10,14,17H,11-13H2,1-3H3,(H,23,24,25)/t17-,21-,22+. The van der Waals surface area contributed by atoms with Crippen LogP contribution in [0.4, 0.5) is 5.82 Å². The summed E-state index contributed by atoms with van der Waals surface area (Å²) in [6, 6.07) is 11.6. The van der Waals surface area contributed by atoms with E-state index in [4.69, 9.17) is 0 Å². The molecule has 144 valence electrons. The number of aromatic amines is 1. The van der Waals surface area contributed by atoms with Gasteiger partial charge in [0.25, 0.3) is 5.91 Å². The van der Waals surface area contributed by atoms with Gasteiger partial charge in [-0.2, -0.15) is 0 Å². The zero-order chi connectivity index (χ0) is 19.5. The molecule has 3 aromatic rings. The molecular formula is C22H25N5O. The van der Waals surface area contributed by atoms with Crippen LogP contribution in [0.15, 0.2) is 48.9 Å². The van der Waals surface area contributed by atoms with Gasteiger partial charge in [0.15, 0.2) is 0 Å². The molecule has 0 radical (unpaired) electrons. The molecular weight excluding hydrogens is 350 g/mol. The van der Waals surface area contributed by atoms with Crippen molar-refractivity contribution < 1.29 is 4.79 Å². The van der Waals surface area contributed by atoms with Gasteiger partial charge in [-0.1, -0.05) is 32.0 Å². The summed E-state index contributed by atoms with van der Waals surface area (Å²) in [6.45, 7) is 7.22. The Labute approximate surface area is 164 Å². The van der Waals surface area contributed by atoms with Gasteiger partial charge in [-0.3, -0.25) is 4.79 Å². The summed E-state index contributed by atoms with van der Waals surface area (Å²) in [5, 5.41) is 1.05. The molecule has 1 aliphatic carbocycles. The number of nitrogens with one attached hydrogen (secondary N) is 1. The normalized spacial score (nSPS) is 28.4. The number of likely N-dealkylation sites (tertiary alicyclic amines) is 1. The number of hydrogen-bond acceptors (Lipinski definition) is 4. The van der Waals surface area contributed by atoms with E-state index in [1.54, 1.807) is 6.33 Å². The van der Waals surface area contributed by atoms with Gasteiger partial charge in [0.05, 0.1) is 5.39 Å². The average Bonchev–Trinajstić information content (AvgIpc) is 3.11. The van der Waals surface area contributed by atoms with Crippen molar-refractivity contribution >= 4 is 22.8 Å². The molecule has 1 aromatic carbocycles. The Morgan fingerprint density at radius 1 is 1.18 bits per heavy atom. The number of benzene rings is 1. The maximum atomic E-state index is 12.9. The van der Waals surface area contributed by atoms with Crippen LogP contribution in [0.5, 0.6) is 0 Å². The van der Waals surface area contributed by atoms with Crippen molar-refractivity contribution in [2.75, 3.05) is 31.6 Å². The molecule has 5 rings (SSSR count). The van der Waals surface area contributed by atoms with E-state index >= 15 is 0 Å². The average molecular weight is 375 g/mol. The lowest BCUT2D eigenvalue weighted by Gasteiger charge is -2.26. The van der Waals surface area contributed by atoms with Crippen LogP contribution in [0, 0.1) is 16.7 Å². The predicted octanol–water partition coefficient (Wildman–Crippen LogP) is 3.19. The van der Waals surface area contributed by atoms with Crippen LogP contribution >= 0.6 is 0 Å². The maximum absolute atomic E-state index is 12.9. The molecule has 1 saturated carbocycles. The van der Waals surface area contributed by atoms with Crippen LogP contribution in [0.1, 0.15) is 24.2 Å². The van der Waals surface area contributed by atoms with Crippen LogP contribution in [0.25, 0.3) is 11.0 Å². The van der Waals surface area contributed by atoms with E-state index in [9.17, 15) is 4.79 Å². The van der Waals surface area contributed by atoms with Crippen molar-refractivity contribution in [1.82, 2.24) is 19.9 Å². The second-order valence-corrected chi connectivity index (χ2v) is 8.73. The largest absolute Gasteiger partial charge is 0.359 e. The summed E-state index contributed by atoms with van der Waals surface area (Å²) >= 11 is 0. The summed E-state index contributed by atoms with van der Waals surface area (Å²) in [5.74, 6) is 1.64. The van der Waals surface area contributed by atoms with Gasteiger partial charge >= 0.3 is 0 Å². The molecule has 0 unspecified atom stereocenters. The number of H-pyrrole nitrogens is 1. The minimum atomic E-state index is 0.146. The van der Waals surface area contributed by atoms with Crippen LogP contribution in [0.3, 0.4) is 0 Å². The lowest BCUT2D eigenvalue weighted by Crippen LogP contribution is -2.36. The number of rotatable bonds is 4. The third-order valence-corrected chi connectivity index (χ3v) is 7.26. The van der Waals surface area contributed by atoms with Gasteiger partial charge in [-0.05, 0) is 34.9 Å². The zero-order valence-corrected chi connectivity index (χ0v) is 16.5. The molecule has 0 bridgehead atoms. The van der Waals surface area contributed by atoms with Crippen molar-refractivity contribution in [3.8, 4) is 0 Å². The minimum absolute atomic E-state index is 0.146. The Morgan fingerprint density at radius 2 is 1.89 bits per heavy atom. The van der Waals surface area contributed by atoms with E-state index in [0.29, 0.717) is 5.92 Å². The number of amides is 1. The molecule has 2 aliphatic rings. The molecule has 3 atom stereocenters. The van der Waals surface area contributed by atoms with Crippen LogP contribution in [-0.4, -0.2) is 52.4 Å². The van der Waals surface area contributed by atoms with E-state index in [1.165, 1.54) is 0 Å². The highest BCUT2D eigenvalue weighted by Gasteiger charge is 2.75. The molecule has 1 amide bonds. The molecule has 28 heavy (non-hydrogen) atoms. The van der Waals surface area contributed by atoms with Gasteiger partial charge < -0.3 is 14.8 Å². The smallest absolute Gasteiger partial charge is 0.253 e. The first kappa shape index (κ1) is 17.2. The monoisotopic (exact) mass is 375 g/mol. The quantitative estimate of drug-likeness (QED) is 0.761. The van der Waals surface area contributed by atoms with E-state index in [-0.39, 0.29) is 16.7 Å². The Hall–Kier alpha value is -2.89. The van der Waals surface area contributed by atoms with Gasteiger partial charge in [0.2, 0.25) is 0 Å². The number of nitrogens with zero attached hydrogens (tertiary/aromatic N) is 4. The third-order valence-electron chi connectivity index (χ3n) is 7.26. The molecule has 1 saturated heterocycles. The number of anilines is 1.